The van der Waals surface area contributed by atoms with E-state index in [-0.39, 0.29) is 11.7 Å². The zero-order valence-corrected chi connectivity index (χ0v) is 13.8. The van der Waals surface area contributed by atoms with E-state index in [0.717, 1.165) is 6.07 Å². The first-order chi connectivity index (χ1) is 12.4. The molecule has 26 heavy (non-hydrogen) atoms. The fourth-order valence-electron chi connectivity index (χ4n) is 3.01. The van der Waals surface area contributed by atoms with Crippen LogP contribution < -0.4 is 5.73 Å². The lowest BCUT2D eigenvalue weighted by molar-refractivity contribution is -0.141. The Balaban J connectivity index is 2.09. The highest BCUT2D eigenvalue weighted by molar-refractivity contribution is 5.65. The van der Waals surface area contributed by atoms with Crippen molar-refractivity contribution in [1.29, 1.82) is 0 Å². The fraction of sp³-hybridized carbons (Fsp3) is 0.412. The number of halogens is 3. The smallest absolute Gasteiger partial charge is 0.435 e. The van der Waals surface area contributed by atoms with Crippen LogP contribution in [0, 0.1) is 0 Å². The molecule has 1 unspecified atom stereocenters. The second-order valence-electron chi connectivity index (χ2n) is 5.97. The van der Waals surface area contributed by atoms with Gasteiger partial charge in [-0.15, -0.1) is 0 Å². The minimum atomic E-state index is -4.61. The summed E-state index contributed by atoms with van der Waals surface area (Å²) in [5.41, 5.74) is 4.76. The van der Waals surface area contributed by atoms with Crippen LogP contribution in [-0.2, 0) is 15.7 Å². The van der Waals surface area contributed by atoms with Crippen LogP contribution in [0.5, 0.6) is 0 Å². The van der Waals surface area contributed by atoms with Crippen LogP contribution in [0.15, 0.2) is 36.4 Å². The molecule has 0 spiro atoms. The van der Waals surface area contributed by atoms with E-state index in [1.54, 1.807) is 30.3 Å². The second kappa shape index (κ2) is 7.36. The van der Waals surface area contributed by atoms with Crippen LogP contribution in [0.1, 0.15) is 41.9 Å². The standard InChI is InChI=1S/C17H18F3N3O3/c18-17(19,20)14-10-13(23(22-14)12-6-8-25-9-7-12)15(26-16(21)24)11-4-2-1-3-5-11/h1-5,10,12,15H,6-9H2,(H2,21,24). The van der Waals surface area contributed by atoms with Crippen molar-refractivity contribution in [2.75, 3.05) is 13.2 Å². The highest BCUT2D eigenvalue weighted by Crippen LogP contribution is 2.36. The zero-order chi connectivity index (χ0) is 18.7. The average molecular weight is 369 g/mol. The number of carbonyl (C=O) groups excluding carboxylic acids is 1. The van der Waals surface area contributed by atoms with Gasteiger partial charge in [0.15, 0.2) is 11.8 Å². The van der Waals surface area contributed by atoms with E-state index in [1.807, 2.05) is 0 Å². The van der Waals surface area contributed by atoms with Gasteiger partial charge in [0.25, 0.3) is 0 Å². The predicted molar refractivity (Wildman–Crippen MR) is 85.3 cm³/mol. The number of nitrogens with two attached hydrogens (primary N) is 1. The Morgan fingerprint density at radius 2 is 1.92 bits per heavy atom. The molecule has 9 heteroatoms. The van der Waals surface area contributed by atoms with Crippen molar-refractivity contribution in [2.24, 2.45) is 5.73 Å². The number of alkyl halides is 3. The number of primary amides is 1. The summed E-state index contributed by atoms with van der Waals surface area (Å²) in [7, 11) is 0. The van der Waals surface area contributed by atoms with E-state index in [9.17, 15) is 18.0 Å². The molecule has 6 nitrogen and oxygen atoms in total. The number of aromatic nitrogens is 2. The molecule has 1 fully saturated rings. The maximum absolute atomic E-state index is 13.2. The number of hydrogen-bond acceptors (Lipinski definition) is 4. The summed E-state index contributed by atoms with van der Waals surface area (Å²) in [6, 6.07) is 9.10. The van der Waals surface area contributed by atoms with Crippen molar-refractivity contribution in [2.45, 2.75) is 31.2 Å². The number of hydrogen-bond donors (Lipinski definition) is 1. The van der Waals surface area contributed by atoms with Crippen LogP contribution in [0.3, 0.4) is 0 Å². The molecule has 0 aliphatic carbocycles. The minimum absolute atomic E-state index is 0.134. The Morgan fingerprint density at radius 3 is 2.50 bits per heavy atom. The Morgan fingerprint density at radius 1 is 1.27 bits per heavy atom. The van der Waals surface area contributed by atoms with E-state index in [4.69, 9.17) is 15.2 Å². The van der Waals surface area contributed by atoms with Gasteiger partial charge < -0.3 is 15.2 Å². The molecule has 0 saturated carbocycles. The molecule has 1 atom stereocenters. The molecule has 0 bridgehead atoms. The third-order valence-corrected chi connectivity index (χ3v) is 4.20. The normalized spacial score (nSPS) is 17.0. The zero-order valence-electron chi connectivity index (χ0n) is 13.8. The summed E-state index contributed by atoms with van der Waals surface area (Å²) >= 11 is 0. The summed E-state index contributed by atoms with van der Waals surface area (Å²) in [4.78, 5) is 11.4. The first kappa shape index (κ1) is 18.2. The van der Waals surface area contributed by atoms with Gasteiger partial charge in [0, 0.05) is 13.2 Å². The maximum Gasteiger partial charge on any atom is 0.435 e. The van der Waals surface area contributed by atoms with Gasteiger partial charge in [-0.1, -0.05) is 30.3 Å². The van der Waals surface area contributed by atoms with Crippen LogP contribution in [0.2, 0.25) is 0 Å². The number of benzene rings is 1. The van der Waals surface area contributed by atoms with Gasteiger partial charge in [0.1, 0.15) is 0 Å². The maximum atomic E-state index is 13.2. The van der Waals surface area contributed by atoms with E-state index < -0.39 is 24.1 Å². The molecule has 1 saturated heterocycles. The van der Waals surface area contributed by atoms with Crippen molar-refractivity contribution < 1.29 is 27.4 Å². The molecular weight excluding hydrogens is 351 g/mol. The lowest BCUT2D eigenvalue weighted by atomic mass is 10.0. The van der Waals surface area contributed by atoms with E-state index in [0.29, 0.717) is 31.6 Å². The Bertz CT molecular complexity index is 756. The summed E-state index contributed by atoms with van der Waals surface area (Å²) < 4.78 is 51.5. The van der Waals surface area contributed by atoms with E-state index in [1.165, 1.54) is 4.68 Å². The summed E-state index contributed by atoms with van der Waals surface area (Å²) in [5, 5.41) is 3.76. The molecular formula is C17H18F3N3O3. The first-order valence-electron chi connectivity index (χ1n) is 8.11. The monoisotopic (exact) mass is 369 g/mol. The minimum Gasteiger partial charge on any atom is -0.435 e. The molecule has 0 radical (unpaired) electrons. The highest BCUT2D eigenvalue weighted by atomic mass is 19.4. The van der Waals surface area contributed by atoms with Gasteiger partial charge in [-0.2, -0.15) is 18.3 Å². The third-order valence-electron chi connectivity index (χ3n) is 4.20. The molecule has 1 aliphatic heterocycles. The quantitative estimate of drug-likeness (QED) is 0.895. The van der Waals surface area contributed by atoms with Crippen LogP contribution >= 0.6 is 0 Å². The summed E-state index contributed by atoms with van der Waals surface area (Å²) in [5.74, 6) is 0. The molecule has 1 amide bonds. The number of rotatable bonds is 4. The lowest BCUT2D eigenvalue weighted by Gasteiger charge is -2.26. The van der Waals surface area contributed by atoms with Gasteiger partial charge >= 0.3 is 12.3 Å². The van der Waals surface area contributed by atoms with E-state index >= 15 is 0 Å². The fourth-order valence-corrected chi connectivity index (χ4v) is 3.01. The second-order valence-corrected chi connectivity index (χ2v) is 5.97. The Hall–Kier alpha value is -2.55. The lowest BCUT2D eigenvalue weighted by Crippen LogP contribution is -2.26. The van der Waals surface area contributed by atoms with Crippen LogP contribution in [-0.4, -0.2) is 29.1 Å². The summed E-state index contributed by atoms with van der Waals surface area (Å²) in [6.07, 6.45) is -5.74. The van der Waals surface area contributed by atoms with Gasteiger partial charge in [0.2, 0.25) is 0 Å². The molecule has 2 N–H and O–H groups in total. The third kappa shape index (κ3) is 3.98. The van der Waals surface area contributed by atoms with Crippen molar-refractivity contribution >= 4 is 6.09 Å². The van der Waals surface area contributed by atoms with Gasteiger partial charge in [-0.05, 0) is 24.5 Å². The molecule has 2 heterocycles. The molecule has 2 aromatic rings. The Labute approximate surface area is 147 Å². The molecule has 140 valence electrons. The summed E-state index contributed by atoms with van der Waals surface area (Å²) in [6.45, 7) is 0.857. The van der Waals surface area contributed by atoms with Crippen LogP contribution in [0.25, 0.3) is 0 Å². The molecule has 1 aliphatic rings. The van der Waals surface area contributed by atoms with Crippen molar-refractivity contribution in [3.8, 4) is 0 Å². The highest BCUT2D eigenvalue weighted by Gasteiger charge is 2.38. The van der Waals surface area contributed by atoms with Gasteiger partial charge in [-0.3, -0.25) is 4.68 Å². The van der Waals surface area contributed by atoms with Gasteiger partial charge in [0.05, 0.1) is 11.7 Å². The number of amides is 1. The predicted octanol–water partition coefficient (Wildman–Crippen LogP) is 3.44. The average Bonchev–Trinajstić information content (AvgIpc) is 3.06. The van der Waals surface area contributed by atoms with Crippen molar-refractivity contribution in [3.63, 3.8) is 0 Å². The first-order valence-corrected chi connectivity index (χ1v) is 8.11. The SMILES string of the molecule is NC(=O)OC(c1ccccc1)c1cc(C(F)(F)F)nn1C1CCOCC1. The topological polar surface area (TPSA) is 79.4 Å². The van der Waals surface area contributed by atoms with Crippen LogP contribution in [0.4, 0.5) is 18.0 Å². The Kier molecular flexibility index (Phi) is 5.17. The largest absolute Gasteiger partial charge is 0.435 e. The number of ether oxygens (including phenoxy) is 2. The molecule has 3 rings (SSSR count). The van der Waals surface area contributed by atoms with E-state index in [2.05, 4.69) is 5.10 Å². The molecule has 1 aromatic carbocycles. The van der Waals surface area contributed by atoms with Crippen molar-refractivity contribution in [1.82, 2.24) is 9.78 Å². The molecule has 1 aromatic heterocycles. The number of carbonyl (C=O) groups is 1. The number of nitrogens with zero attached hydrogens (tertiary/aromatic N) is 2. The van der Waals surface area contributed by atoms with Crippen molar-refractivity contribution in [3.05, 3.63) is 53.3 Å². The van der Waals surface area contributed by atoms with Gasteiger partial charge in [-0.25, -0.2) is 4.79 Å².